The third-order valence-corrected chi connectivity index (χ3v) is 6.64. The third kappa shape index (κ3) is 7.13. The second-order valence-corrected chi connectivity index (χ2v) is 9.44. The number of benzene rings is 3. The third-order valence-electron chi connectivity index (χ3n) is 5.32. The molecule has 0 unspecified atom stereocenters. The first-order chi connectivity index (χ1) is 16.3. The van der Waals surface area contributed by atoms with Gasteiger partial charge in [-0.3, -0.25) is 9.59 Å². The van der Waals surface area contributed by atoms with Gasteiger partial charge in [0, 0.05) is 29.6 Å². The molecule has 34 heavy (non-hydrogen) atoms. The molecule has 3 aromatic carbocycles. The van der Waals surface area contributed by atoms with Gasteiger partial charge in [-0.05, 0) is 47.9 Å². The van der Waals surface area contributed by atoms with Crippen molar-refractivity contribution in [3.8, 4) is 0 Å². The summed E-state index contributed by atoms with van der Waals surface area (Å²) in [4.78, 5) is 28.4. The van der Waals surface area contributed by atoms with Gasteiger partial charge in [0.05, 0.1) is 16.5 Å². The Morgan fingerprint density at radius 3 is 2.24 bits per heavy atom. The molecular weight excluding hydrogens is 514 g/mol. The van der Waals surface area contributed by atoms with Gasteiger partial charge >= 0.3 is 0 Å². The topological polar surface area (TPSA) is 49.4 Å². The van der Waals surface area contributed by atoms with Crippen LogP contribution in [0.15, 0.2) is 66.7 Å². The summed E-state index contributed by atoms with van der Waals surface area (Å²) in [6.45, 7) is 2.47. The number of amides is 2. The predicted molar refractivity (Wildman–Crippen MR) is 140 cm³/mol. The molecule has 0 bridgehead atoms. The molecule has 0 radical (unpaired) electrons. The van der Waals surface area contributed by atoms with Crippen LogP contribution in [0, 0.1) is 0 Å². The Kier molecular flexibility index (Phi) is 9.66. The number of rotatable bonds is 9. The highest BCUT2D eigenvalue weighted by Crippen LogP contribution is 2.26. The van der Waals surface area contributed by atoms with E-state index in [9.17, 15) is 9.59 Å². The van der Waals surface area contributed by atoms with Crippen molar-refractivity contribution >= 4 is 58.2 Å². The minimum atomic E-state index is -0.740. The van der Waals surface area contributed by atoms with Gasteiger partial charge in [0.25, 0.3) is 0 Å². The number of carbonyl (C=O) groups excluding carboxylic acids is 2. The fraction of sp³-hybridized carbons (Fsp3) is 0.231. The van der Waals surface area contributed by atoms with Crippen LogP contribution in [0.1, 0.15) is 23.6 Å². The van der Waals surface area contributed by atoms with E-state index in [0.29, 0.717) is 38.6 Å². The maximum absolute atomic E-state index is 13.6. The average molecular weight is 538 g/mol. The Morgan fingerprint density at radius 2 is 1.59 bits per heavy atom. The van der Waals surface area contributed by atoms with E-state index >= 15 is 0 Å². The van der Waals surface area contributed by atoms with E-state index in [-0.39, 0.29) is 24.8 Å². The second kappa shape index (κ2) is 12.5. The summed E-state index contributed by atoms with van der Waals surface area (Å²) in [6, 6.07) is 19.0. The van der Waals surface area contributed by atoms with E-state index in [1.165, 1.54) is 0 Å². The molecule has 0 aliphatic carbocycles. The normalized spacial score (nSPS) is 11.7. The second-order valence-electron chi connectivity index (χ2n) is 7.78. The fourth-order valence-corrected chi connectivity index (χ4v) is 4.41. The van der Waals surface area contributed by atoms with Gasteiger partial charge in [0.2, 0.25) is 11.8 Å². The molecule has 3 rings (SSSR count). The molecule has 0 fully saturated rings. The van der Waals surface area contributed by atoms with Gasteiger partial charge in [0.1, 0.15) is 6.04 Å². The number of nitrogens with one attached hydrogen (secondary N) is 1. The lowest BCUT2D eigenvalue weighted by Gasteiger charge is -2.31. The summed E-state index contributed by atoms with van der Waals surface area (Å²) in [5, 5.41) is 4.54. The molecule has 0 saturated carbocycles. The number of carbonyl (C=O) groups is 2. The summed E-state index contributed by atoms with van der Waals surface area (Å²) in [7, 11) is 0. The molecule has 0 heterocycles. The van der Waals surface area contributed by atoms with Gasteiger partial charge in [0.15, 0.2) is 0 Å². The summed E-state index contributed by atoms with van der Waals surface area (Å²) in [6.07, 6.45) is 0.371. The highest BCUT2D eigenvalue weighted by Gasteiger charge is 2.30. The van der Waals surface area contributed by atoms with Crippen LogP contribution >= 0.6 is 46.4 Å². The average Bonchev–Trinajstić information content (AvgIpc) is 2.81. The number of likely N-dealkylation sites (N-methyl/N-ethyl adjacent to an activating group) is 1. The Bertz CT molecular complexity index is 1150. The zero-order valence-electron chi connectivity index (χ0n) is 18.5. The largest absolute Gasteiger partial charge is 0.355 e. The van der Waals surface area contributed by atoms with E-state index in [0.717, 1.165) is 11.1 Å². The van der Waals surface area contributed by atoms with E-state index in [1.54, 1.807) is 41.3 Å². The molecular formula is C26H24Cl4N2O2. The molecule has 3 aromatic rings. The highest BCUT2D eigenvalue weighted by atomic mass is 35.5. The number of hydrogen-bond donors (Lipinski definition) is 1. The molecule has 8 heteroatoms. The minimum absolute atomic E-state index is 0.0159. The van der Waals surface area contributed by atoms with E-state index in [2.05, 4.69) is 5.32 Å². The summed E-state index contributed by atoms with van der Waals surface area (Å²) in [5.74, 6) is -0.482. The number of hydrogen-bond acceptors (Lipinski definition) is 2. The van der Waals surface area contributed by atoms with Gasteiger partial charge in [-0.25, -0.2) is 0 Å². The quantitative estimate of drug-likeness (QED) is 0.333. The van der Waals surface area contributed by atoms with Crippen molar-refractivity contribution in [3.63, 3.8) is 0 Å². The van der Waals surface area contributed by atoms with Crippen LogP contribution in [0.2, 0.25) is 20.1 Å². The van der Waals surface area contributed by atoms with E-state index < -0.39 is 6.04 Å². The number of halogens is 4. The minimum Gasteiger partial charge on any atom is -0.355 e. The Balaban J connectivity index is 1.99. The van der Waals surface area contributed by atoms with Crippen molar-refractivity contribution in [2.24, 2.45) is 0 Å². The highest BCUT2D eigenvalue weighted by molar-refractivity contribution is 6.42. The molecule has 1 atom stereocenters. The first-order valence-electron chi connectivity index (χ1n) is 10.8. The van der Waals surface area contributed by atoms with Crippen molar-refractivity contribution in [2.45, 2.75) is 32.4 Å². The lowest BCUT2D eigenvalue weighted by molar-refractivity contribution is -0.140. The maximum Gasteiger partial charge on any atom is 0.243 e. The molecule has 0 aromatic heterocycles. The molecule has 0 aliphatic heterocycles. The Labute approximate surface area is 219 Å². The van der Waals surface area contributed by atoms with Crippen LogP contribution < -0.4 is 5.32 Å². The summed E-state index contributed by atoms with van der Waals surface area (Å²) >= 11 is 24.6. The van der Waals surface area contributed by atoms with Gasteiger partial charge in [-0.1, -0.05) is 88.9 Å². The molecule has 0 spiro atoms. The molecule has 0 aliphatic rings. The van der Waals surface area contributed by atoms with Gasteiger partial charge in [-0.2, -0.15) is 0 Å². The van der Waals surface area contributed by atoms with Crippen molar-refractivity contribution < 1.29 is 9.59 Å². The van der Waals surface area contributed by atoms with E-state index in [4.69, 9.17) is 46.4 Å². The standard InChI is InChI=1S/C26H24Cl4N2O2/c1-2-31-26(34)24(13-17-6-4-3-5-7-17)32(16-18-8-11-21(28)23(30)12-18)25(33)14-19-9-10-20(27)15-22(19)29/h3-12,15,24H,2,13-14,16H2,1H3,(H,31,34)/t24-/m0/s1. The first-order valence-corrected chi connectivity index (χ1v) is 12.3. The lowest BCUT2D eigenvalue weighted by Crippen LogP contribution is -2.51. The van der Waals surface area contributed by atoms with Gasteiger partial charge < -0.3 is 10.2 Å². The van der Waals surface area contributed by atoms with Gasteiger partial charge in [-0.15, -0.1) is 0 Å². The van der Waals surface area contributed by atoms with Crippen molar-refractivity contribution in [2.75, 3.05) is 6.54 Å². The lowest BCUT2D eigenvalue weighted by atomic mass is 10.0. The summed E-state index contributed by atoms with van der Waals surface area (Å²) in [5.41, 5.74) is 2.33. The predicted octanol–water partition coefficient (Wildman–Crippen LogP) is 6.62. The maximum atomic E-state index is 13.6. The van der Waals surface area contributed by atoms with Crippen LogP contribution in [0.3, 0.4) is 0 Å². The molecule has 2 amide bonds. The van der Waals surface area contributed by atoms with Crippen molar-refractivity contribution in [3.05, 3.63) is 104 Å². The smallest absolute Gasteiger partial charge is 0.243 e. The molecule has 178 valence electrons. The van der Waals surface area contributed by atoms with Crippen molar-refractivity contribution in [1.29, 1.82) is 0 Å². The summed E-state index contributed by atoms with van der Waals surface area (Å²) < 4.78 is 0. The van der Waals surface area contributed by atoms with Crippen LogP contribution in [0.5, 0.6) is 0 Å². The van der Waals surface area contributed by atoms with E-state index in [1.807, 2.05) is 37.3 Å². The fourth-order valence-electron chi connectivity index (χ4n) is 3.61. The van der Waals surface area contributed by atoms with Crippen LogP contribution in [0.25, 0.3) is 0 Å². The zero-order chi connectivity index (χ0) is 24.7. The number of nitrogens with zero attached hydrogens (tertiary/aromatic N) is 1. The molecule has 4 nitrogen and oxygen atoms in total. The van der Waals surface area contributed by atoms with Crippen LogP contribution in [0.4, 0.5) is 0 Å². The van der Waals surface area contributed by atoms with Crippen molar-refractivity contribution in [1.82, 2.24) is 10.2 Å². The van der Waals surface area contributed by atoms with Crippen LogP contribution in [-0.4, -0.2) is 29.3 Å². The Hall–Kier alpha value is -2.24. The monoisotopic (exact) mass is 536 g/mol. The first kappa shape index (κ1) is 26.4. The molecule has 1 N–H and O–H groups in total. The SMILES string of the molecule is CCNC(=O)[C@H](Cc1ccccc1)N(Cc1ccc(Cl)c(Cl)c1)C(=O)Cc1ccc(Cl)cc1Cl. The Morgan fingerprint density at radius 1 is 0.853 bits per heavy atom. The zero-order valence-corrected chi connectivity index (χ0v) is 21.6. The van der Waals surface area contributed by atoms with Crippen LogP contribution in [-0.2, 0) is 29.0 Å². The molecule has 0 saturated heterocycles.